The van der Waals surface area contributed by atoms with E-state index >= 15 is 0 Å². The van der Waals surface area contributed by atoms with Gasteiger partial charge in [-0.15, -0.1) is 0 Å². The van der Waals surface area contributed by atoms with Crippen molar-refractivity contribution in [3.8, 4) is 0 Å². The first-order valence-corrected chi connectivity index (χ1v) is 7.01. The lowest BCUT2D eigenvalue weighted by atomic mass is 10.1. The van der Waals surface area contributed by atoms with E-state index in [-0.39, 0.29) is 18.4 Å². The van der Waals surface area contributed by atoms with Crippen LogP contribution in [0.25, 0.3) is 0 Å². The number of nitrogens with one attached hydrogen (secondary N) is 2. The van der Waals surface area contributed by atoms with Gasteiger partial charge in [0.15, 0.2) is 0 Å². The van der Waals surface area contributed by atoms with Crippen molar-refractivity contribution in [3.05, 3.63) is 29.8 Å². The summed E-state index contributed by atoms with van der Waals surface area (Å²) < 4.78 is 4.79. The number of benzene rings is 1. The number of urea groups is 1. The van der Waals surface area contributed by atoms with Gasteiger partial charge in [-0.25, -0.2) is 4.79 Å². The lowest BCUT2D eigenvalue weighted by Crippen LogP contribution is -2.29. The maximum absolute atomic E-state index is 11.7. The Bertz CT molecular complexity index is 474. The monoisotopic (exact) mass is 294 g/mol. The number of carbonyl (C=O) groups excluding carboxylic acids is 2. The van der Waals surface area contributed by atoms with Crippen molar-refractivity contribution in [2.24, 2.45) is 0 Å². The molecule has 1 rings (SSSR count). The average molecular weight is 294 g/mol. The molecule has 1 unspecified atom stereocenters. The van der Waals surface area contributed by atoms with Crippen LogP contribution in [0.4, 0.5) is 10.5 Å². The highest BCUT2D eigenvalue weighted by Crippen LogP contribution is 2.16. The zero-order chi connectivity index (χ0) is 15.7. The summed E-state index contributed by atoms with van der Waals surface area (Å²) in [5.74, 6) is -0.260. The van der Waals surface area contributed by atoms with Crippen LogP contribution in [-0.2, 0) is 9.53 Å². The number of anilines is 1. The number of aliphatic hydroxyl groups is 1. The summed E-state index contributed by atoms with van der Waals surface area (Å²) >= 11 is 0. The Morgan fingerprint density at radius 2 is 2.14 bits per heavy atom. The van der Waals surface area contributed by atoms with Gasteiger partial charge in [0.2, 0.25) is 0 Å². The first-order valence-electron chi connectivity index (χ1n) is 7.01. The SMILES string of the molecule is CCOC(=O)CCCNC(=O)Nc1cccc(C(C)O)c1. The smallest absolute Gasteiger partial charge is 0.319 e. The molecule has 1 aromatic carbocycles. The molecule has 0 aliphatic rings. The number of hydrogen-bond donors (Lipinski definition) is 3. The highest BCUT2D eigenvalue weighted by Gasteiger charge is 2.05. The van der Waals surface area contributed by atoms with Gasteiger partial charge in [0.1, 0.15) is 0 Å². The largest absolute Gasteiger partial charge is 0.466 e. The van der Waals surface area contributed by atoms with E-state index in [0.717, 1.165) is 5.56 Å². The van der Waals surface area contributed by atoms with Crippen LogP contribution in [0.3, 0.4) is 0 Å². The normalized spacial score (nSPS) is 11.6. The minimum Gasteiger partial charge on any atom is -0.466 e. The number of aliphatic hydroxyl groups excluding tert-OH is 1. The van der Waals surface area contributed by atoms with Gasteiger partial charge in [0.25, 0.3) is 0 Å². The zero-order valence-corrected chi connectivity index (χ0v) is 12.4. The van der Waals surface area contributed by atoms with Crippen molar-refractivity contribution in [1.29, 1.82) is 0 Å². The van der Waals surface area contributed by atoms with Gasteiger partial charge in [0.05, 0.1) is 12.7 Å². The predicted octanol–water partition coefficient (Wildman–Crippen LogP) is 2.20. The van der Waals surface area contributed by atoms with E-state index in [4.69, 9.17) is 4.74 Å². The van der Waals surface area contributed by atoms with Crippen LogP contribution >= 0.6 is 0 Å². The number of carbonyl (C=O) groups is 2. The van der Waals surface area contributed by atoms with Crippen LogP contribution < -0.4 is 10.6 Å². The highest BCUT2D eigenvalue weighted by molar-refractivity contribution is 5.89. The molecule has 0 aliphatic heterocycles. The van der Waals surface area contributed by atoms with Crippen molar-refractivity contribution < 1.29 is 19.4 Å². The predicted molar refractivity (Wildman–Crippen MR) is 80.0 cm³/mol. The van der Waals surface area contributed by atoms with Crippen LogP contribution in [0.1, 0.15) is 38.4 Å². The molecule has 0 aromatic heterocycles. The van der Waals surface area contributed by atoms with Gasteiger partial charge in [-0.05, 0) is 38.0 Å². The summed E-state index contributed by atoms with van der Waals surface area (Å²) in [5, 5.41) is 14.8. The number of hydrogen-bond acceptors (Lipinski definition) is 4. The third-order valence-corrected chi connectivity index (χ3v) is 2.78. The van der Waals surface area contributed by atoms with Crippen LogP contribution in [0.15, 0.2) is 24.3 Å². The van der Waals surface area contributed by atoms with Gasteiger partial charge in [-0.3, -0.25) is 4.79 Å². The second-order valence-electron chi connectivity index (χ2n) is 4.59. The molecule has 0 heterocycles. The first kappa shape index (κ1) is 17.0. The van der Waals surface area contributed by atoms with E-state index in [1.807, 2.05) is 0 Å². The summed E-state index contributed by atoms with van der Waals surface area (Å²) in [6.07, 6.45) is 0.227. The molecule has 0 fully saturated rings. The van der Waals surface area contributed by atoms with Crippen LogP contribution in [0.2, 0.25) is 0 Å². The van der Waals surface area contributed by atoms with Gasteiger partial charge >= 0.3 is 12.0 Å². The molecule has 0 spiro atoms. The molecular formula is C15H22N2O4. The van der Waals surface area contributed by atoms with E-state index in [2.05, 4.69) is 10.6 Å². The molecule has 0 radical (unpaired) electrons. The Balaban J connectivity index is 2.30. The minimum absolute atomic E-state index is 0.260. The molecular weight excluding hydrogens is 272 g/mol. The Kier molecular flexibility index (Phi) is 7.25. The summed E-state index contributed by atoms with van der Waals surface area (Å²) in [6, 6.07) is 6.65. The van der Waals surface area contributed by atoms with Gasteiger partial charge in [-0.1, -0.05) is 12.1 Å². The second-order valence-corrected chi connectivity index (χ2v) is 4.59. The van der Waals surface area contributed by atoms with Gasteiger partial charge in [0, 0.05) is 18.7 Å². The first-order chi connectivity index (χ1) is 10.0. The fourth-order valence-electron chi connectivity index (χ4n) is 1.72. The van der Waals surface area contributed by atoms with Crippen molar-refractivity contribution in [2.75, 3.05) is 18.5 Å². The molecule has 0 saturated carbocycles. The van der Waals surface area contributed by atoms with Gasteiger partial charge < -0.3 is 20.5 Å². The summed E-state index contributed by atoms with van der Waals surface area (Å²) in [4.78, 5) is 22.8. The Hall–Kier alpha value is -2.08. The molecule has 2 amide bonds. The number of esters is 1. The maximum atomic E-state index is 11.7. The van der Waals surface area contributed by atoms with E-state index in [9.17, 15) is 14.7 Å². The highest BCUT2D eigenvalue weighted by atomic mass is 16.5. The lowest BCUT2D eigenvalue weighted by molar-refractivity contribution is -0.143. The molecule has 0 saturated heterocycles. The van der Waals surface area contributed by atoms with Crippen LogP contribution in [0.5, 0.6) is 0 Å². The standard InChI is InChI=1S/C15H22N2O4/c1-3-21-14(19)8-5-9-16-15(20)17-13-7-4-6-12(10-13)11(2)18/h4,6-7,10-11,18H,3,5,8-9H2,1-2H3,(H2,16,17,20). The Morgan fingerprint density at radius 1 is 1.38 bits per heavy atom. The third kappa shape index (κ3) is 6.76. The van der Waals surface area contributed by atoms with Crippen molar-refractivity contribution >= 4 is 17.7 Å². The number of ether oxygens (including phenoxy) is 1. The number of rotatable bonds is 7. The van der Waals surface area contributed by atoms with E-state index in [1.54, 1.807) is 38.1 Å². The summed E-state index contributed by atoms with van der Waals surface area (Å²) in [7, 11) is 0. The number of amides is 2. The molecule has 0 aliphatic carbocycles. The molecule has 116 valence electrons. The quantitative estimate of drug-likeness (QED) is 0.531. The molecule has 3 N–H and O–H groups in total. The molecule has 21 heavy (non-hydrogen) atoms. The Labute approximate surface area is 124 Å². The third-order valence-electron chi connectivity index (χ3n) is 2.78. The average Bonchev–Trinajstić information content (AvgIpc) is 2.44. The fraction of sp³-hybridized carbons (Fsp3) is 0.467. The molecule has 1 atom stereocenters. The molecule has 1 aromatic rings. The molecule has 6 nitrogen and oxygen atoms in total. The van der Waals surface area contributed by atoms with E-state index < -0.39 is 6.10 Å². The van der Waals surface area contributed by atoms with E-state index in [1.165, 1.54) is 0 Å². The van der Waals surface area contributed by atoms with Crippen LogP contribution in [0, 0.1) is 0 Å². The lowest BCUT2D eigenvalue weighted by Gasteiger charge is -2.10. The summed E-state index contributed by atoms with van der Waals surface area (Å²) in [5.41, 5.74) is 1.34. The Morgan fingerprint density at radius 3 is 2.81 bits per heavy atom. The van der Waals surface area contributed by atoms with Crippen molar-refractivity contribution in [3.63, 3.8) is 0 Å². The topological polar surface area (TPSA) is 87.7 Å². The van der Waals surface area contributed by atoms with Crippen LogP contribution in [-0.4, -0.2) is 30.3 Å². The van der Waals surface area contributed by atoms with Crippen molar-refractivity contribution in [1.82, 2.24) is 5.32 Å². The van der Waals surface area contributed by atoms with Gasteiger partial charge in [-0.2, -0.15) is 0 Å². The molecule has 0 bridgehead atoms. The minimum atomic E-state index is -0.584. The van der Waals surface area contributed by atoms with E-state index in [0.29, 0.717) is 25.3 Å². The zero-order valence-electron chi connectivity index (χ0n) is 12.4. The fourth-order valence-corrected chi connectivity index (χ4v) is 1.72. The maximum Gasteiger partial charge on any atom is 0.319 e. The molecule has 6 heteroatoms. The van der Waals surface area contributed by atoms with Crippen molar-refractivity contribution in [2.45, 2.75) is 32.8 Å². The summed E-state index contributed by atoms with van der Waals surface area (Å²) in [6.45, 7) is 4.17. The second kappa shape index (κ2) is 8.97.